The third-order valence-electron chi connectivity index (χ3n) is 4.39. The number of hydrogen-bond acceptors (Lipinski definition) is 6. The molecule has 0 bridgehead atoms. The molecule has 2 aromatic carbocycles. The first-order chi connectivity index (χ1) is 15.1. The van der Waals surface area contributed by atoms with E-state index in [1.807, 2.05) is 13.8 Å². The fourth-order valence-corrected chi connectivity index (χ4v) is 3.82. The van der Waals surface area contributed by atoms with Crippen molar-refractivity contribution in [2.24, 2.45) is 0 Å². The van der Waals surface area contributed by atoms with Gasteiger partial charge in [-0.2, -0.15) is 0 Å². The van der Waals surface area contributed by atoms with E-state index >= 15 is 0 Å². The van der Waals surface area contributed by atoms with Gasteiger partial charge >= 0.3 is 5.97 Å². The van der Waals surface area contributed by atoms with Crippen LogP contribution >= 0.6 is 28.1 Å². The number of anilines is 1. The molecule has 0 saturated carbocycles. The van der Waals surface area contributed by atoms with E-state index in [9.17, 15) is 14.4 Å². The van der Waals surface area contributed by atoms with Crippen LogP contribution in [0.4, 0.5) is 5.69 Å². The van der Waals surface area contributed by atoms with Crippen molar-refractivity contribution in [3.63, 3.8) is 0 Å². The van der Waals surface area contributed by atoms with Crippen molar-refractivity contribution < 1.29 is 29.0 Å². The molecule has 2 aromatic rings. The molecular formula is C22H19BrN2O6S. The number of ether oxygens (including phenoxy) is 2. The van der Waals surface area contributed by atoms with E-state index in [-0.39, 0.29) is 22.4 Å². The molecule has 1 heterocycles. The Morgan fingerprint density at radius 3 is 2.44 bits per heavy atom. The molecule has 10 heteroatoms. The minimum absolute atomic E-state index is 0.0598. The molecule has 0 spiro atoms. The van der Waals surface area contributed by atoms with E-state index < -0.39 is 17.8 Å². The predicted octanol–water partition coefficient (Wildman–Crippen LogP) is 3.77. The fourth-order valence-electron chi connectivity index (χ4n) is 2.98. The minimum atomic E-state index is -1.09. The Labute approximate surface area is 197 Å². The van der Waals surface area contributed by atoms with Crippen LogP contribution in [0.3, 0.4) is 0 Å². The number of carboxylic acid groups (broad SMARTS) is 1. The van der Waals surface area contributed by atoms with Crippen molar-refractivity contribution in [3.05, 3.63) is 57.6 Å². The lowest BCUT2D eigenvalue weighted by Crippen LogP contribution is -2.54. The summed E-state index contributed by atoms with van der Waals surface area (Å²) in [5.41, 5.74) is 0.768. The lowest BCUT2D eigenvalue weighted by molar-refractivity contribution is -0.122. The summed E-state index contributed by atoms with van der Waals surface area (Å²) in [5.74, 6) is -1.44. The maximum Gasteiger partial charge on any atom is 0.335 e. The zero-order valence-electron chi connectivity index (χ0n) is 17.3. The Morgan fingerprint density at radius 1 is 1.22 bits per heavy atom. The van der Waals surface area contributed by atoms with Gasteiger partial charge in [0.1, 0.15) is 5.57 Å². The van der Waals surface area contributed by atoms with E-state index in [0.717, 1.165) is 4.90 Å². The van der Waals surface area contributed by atoms with Crippen molar-refractivity contribution in [2.45, 2.75) is 20.0 Å². The molecule has 1 fully saturated rings. The molecule has 0 aliphatic carbocycles. The normalized spacial score (nSPS) is 15.2. The molecule has 1 aliphatic rings. The highest BCUT2D eigenvalue weighted by Crippen LogP contribution is 2.38. The van der Waals surface area contributed by atoms with Gasteiger partial charge in [-0.3, -0.25) is 19.8 Å². The summed E-state index contributed by atoms with van der Waals surface area (Å²) >= 11 is 8.61. The number of aromatic carboxylic acids is 1. The molecule has 3 rings (SSSR count). The molecule has 0 aromatic heterocycles. The van der Waals surface area contributed by atoms with Crippen LogP contribution in [0, 0.1) is 0 Å². The first-order valence-corrected chi connectivity index (χ1v) is 10.6. The SMILES string of the molecule is COc1cc(/C=C2\C(=O)NC(=S)N(c3ccc(C(=O)O)cc3)C2=O)cc(Br)c1OC(C)C. The van der Waals surface area contributed by atoms with Gasteiger partial charge in [0.2, 0.25) is 0 Å². The van der Waals surface area contributed by atoms with Crippen molar-refractivity contribution in [2.75, 3.05) is 12.0 Å². The highest BCUT2D eigenvalue weighted by Gasteiger charge is 2.34. The van der Waals surface area contributed by atoms with Crippen LogP contribution in [-0.4, -0.2) is 41.2 Å². The summed E-state index contributed by atoms with van der Waals surface area (Å²) in [6.45, 7) is 3.76. The number of halogens is 1. The highest BCUT2D eigenvalue weighted by molar-refractivity contribution is 9.10. The summed E-state index contributed by atoms with van der Waals surface area (Å²) in [6.07, 6.45) is 1.34. The van der Waals surface area contributed by atoms with Gasteiger partial charge in [0.15, 0.2) is 16.6 Å². The van der Waals surface area contributed by atoms with Crippen LogP contribution in [0.2, 0.25) is 0 Å². The number of amides is 2. The molecule has 0 radical (unpaired) electrons. The molecule has 2 N–H and O–H groups in total. The van der Waals surface area contributed by atoms with Gasteiger partial charge in [0, 0.05) is 0 Å². The second-order valence-electron chi connectivity index (χ2n) is 7.01. The summed E-state index contributed by atoms with van der Waals surface area (Å²) in [7, 11) is 1.49. The van der Waals surface area contributed by atoms with Gasteiger partial charge in [0.05, 0.1) is 28.9 Å². The van der Waals surface area contributed by atoms with E-state index in [2.05, 4.69) is 21.2 Å². The third kappa shape index (κ3) is 4.81. The average molecular weight is 519 g/mol. The summed E-state index contributed by atoms with van der Waals surface area (Å²) in [5, 5.41) is 11.5. The number of rotatable bonds is 6. The van der Waals surface area contributed by atoms with Crippen LogP contribution in [0.25, 0.3) is 6.08 Å². The number of benzene rings is 2. The van der Waals surface area contributed by atoms with Crippen molar-refractivity contribution in [1.29, 1.82) is 0 Å². The van der Waals surface area contributed by atoms with E-state index in [0.29, 0.717) is 27.2 Å². The Bertz CT molecular complexity index is 1140. The lowest BCUT2D eigenvalue weighted by atomic mass is 10.1. The first-order valence-electron chi connectivity index (χ1n) is 9.41. The van der Waals surface area contributed by atoms with E-state index in [1.165, 1.54) is 37.5 Å². The Hall–Kier alpha value is -3.24. The highest BCUT2D eigenvalue weighted by atomic mass is 79.9. The lowest BCUT2D eigenvalue weighted by Gasteiger charge is -2.29. The smallest absolute Gasteiger partial charge is 0.335 e. The van der Waals surface area contributed by atoms with Crippen molar-refractivity contribution in [3.8, 4) is 11.5 Å². The number of carboxylic acids is 1. The average Bonchev–Trinajstić information content (AvgIpc) is 2.72. The quantitative estimate of drug-likeness (QED) is 0.340. The second kappa shape index (κ2) is 9.49. The van der Waals surface area contributed by atoms with Crippen LogP contribution in [0.1, 0.15) is 29.8 Å². The Kier molecular flexibility index (Phi) is 6.95. The molecule has 8 nitrogen and oxygen atoms in total. The number of nitrogens with zero attached hydrogens (tertiary/aromatic N) is 1. The largest absolute Gasteiger partial charge is 0.493 e. The van der Waals surface area contributed by atoms with Crippen molar-refractivity contribution >= 4 is 62.8 Å². The number of methoxy groups -OCH3 is 1. The topological polar surface area (TPSA) is 105 Å². The van der Waals surface area contributed by atoms with Gasteiger partial charge in [-0.1, -0.05) is 0 Å². The number of carbonyl (C=O) groups is 3. The number of hydrogen-bond donors (Lipinski definition) is 2. The number of nitrogens with one attached hydrogen (secondary N) is 1. The Balaban J connectivity index is 2.00. The summed E-state index contributed by atoms with van der Waals surface area (Å²) in [4.78, 5) is 37.9. The Morgan fingerprint density at radius 2 is 1.88 bits per heavy atom. The molecule has 2 amide bonds. The zero-order chi connectivity index (χ0) is 23.6. The second-order valence-corrected chi connectivity index (χ2v) is 8.25. The first kappa shape index (κ1) is 23.4. The third-order valence-corrected chi connectivity index (χ3v) is 5.26. The van der Waals surface area contributed by atoms with Crippen LogP contribution in [0.15, 0.2) is 46.4 Å². The monoisotopic (exact) mass is 518 g/mol. The maximum absolute atomic E-state index is 13.1. The molecule has 0 atom stereocenters. The number of carbonyl (C=O) groups excluding carboxylic acids is 2. The summed E-state index contributed by atoms with van der Waals surface area (Å²) in [6, 6.07) is 8.94. The zero-order valence-corrected chi connectivity index (χ0v) is 19.7. The molecule has 1 aliphatic heterocycles. The summed E-state index contributed by atoms with van der Waals surface area (Å²) < 4.78 is 11.8. The van der Waals surface area contributed by atoms with Gasteiger partial charge in [-0.15, -0.1) is 0 Å². The van der Waals surface area contributed by atoms with Crippen molar-refractivity contribution in [1.82, 2.24) is 5.32 Å². The van der Waals surface area contributed by atoms with Gasteiger partial charge in [0.25, 0.3) is 11.8 Å². The molecule has 32 heavy (non-hydrogen) atoms. The van der Waals surface area contributed by atoms with E-state index in [4.69, 9.17) is 26.8 Å². The number of thiocarbonyl (C=S) groups is 1. The minimum Gasteiger partial charge on any atom is -0.493 e. The van der Waals surface area contributed by atoms with Crippen LogP contribution in [-0.2, 0) is 9.59 Å². The van der Waals surface area contributed by atoms with Gasteiger partial charge in [-0.25, -0.2) is 4.79 Å². The molecule has 1 saturated heterocycles. The standard InChI is InChI=1S/C22H19BrN2O6S/c1-11(2)31-18-16(23)9-12(10-17(18)30-3)8-15-19(26)24-22(32)25(20(15)27)14-6-4-13(5-7-14)21(28)29/h4-11H,1-3H3,(H,28,29)(H,24,26,32)/b15-8+. The molecule has 0 unspecified atom stereocenters. The van der Waals surface area contributed by atoms with Crippen LogP contribution in [0.5, 0.6) is 11.5 Å². The van der Waals surface area contributed by atoms with Gasteiger partial charge in [-0.05, 0) is 90.0 Å². The van der Waals surface area contributed by atoms with E-state index in [1.54, 1.807) is 12.1 Å². The fraction of sp³-hybridized carbons (Fsp3) is 0.182. The predicted molar refractivity (Wildman–Crippen MR) is 126 cm³/mol. The maximum atomic E-state index is 13.1. The van der Waals surface area contributed by atoms with Crippen LogP contribution < -0.4 is 19.7 Å². The molecule has 166 valence electrons. The van der Waals surface area contributed by atoms with Gasteiger partial charge < -0.3 is 14.6 Å². The molecular weight excluding hydrogens is 500 g/mol.